The van der Waals surface area contributed by atoms with Crippen LogP contribution >= 0.6 is 0 Å². The van der Waals surface area contributed by atoms with Crippen molar-refractivity contribution < 1.29 is 19.4 Å². The number of carbonyl (C=O) groups is 1. The summed E-state index contributed by atoms with van der Waals surface area (Å²) >= 11 is 0. The molecule has 3 aromatic carbocycles. The van der Waals surface area contributed by atoms with Gasteiger partial charge in [-0.2, -0.15) is 0 Å². The Kier molecular flexibility index (Phi) is 8.58. The van der Waals surface area contributed by atoms with Gasteiger partial charge in [0.05, 0.1) is 7.11 Å². The van der Waals surface area contributed by atoms with E-state index in [1.54, 1.807) is 30.4 Å². The second-order valence-electron chi connectivity index (χ2n) is 8.95. The van der Waals surface area contributed by atoms with Gasteiger partial charge in [0, 0.05) is 13.0 Å². The molecular formula is C30H33NO4. The number of carbonyl (C=O) groups excluding carboxylic acids is 1. The molecule has 1 N–H and O–H groups in total. The van der Waals surface area contributed by atoms with Gasteiger partial charge in [-0.25, -0.2) is 0 Å². The zero-order valence-corrected chi connectivity index (χ0v) is 20.3. The zero-order chi connectivity index (χ0) is 24.5. The number of piperidine rings is 1. The van der Waals surface area contributed by atoms with Gasteiger partial charge in [0.15, 0.2) is 17.3 Å². The van der Waals surface area contributed by atoms with Crippen LogP contribution in [0.5, 0.6) is 17.2 Å². The summed E-state index contributed by atoms with van der Waals surface area (Å²) in [5.74, 6) is 1.26. The Bertz CT molecular complexity index is 1150. The average molecular weight is 472 g/mol. The van der Waals surface area contributed by atoms with Gasteiger partial charge in [-0.3, -0.25) is 9.69 Å². The van der Waals surface area contributed by atoms with Gasteiger partial charge in [-0.15, -0.1) is 0 Å². The molecule has 182 valence electrons. The molecule has 0 unspecified atom stereocenters. The molecule has 0 saturated carbocycles. The van der Waals surface area contributed by atoms with Gasteiger partial charge < -0.3 is 14.6 Å². The van der Waals surface area contributed by atoms with Crippen LogP contribution in [0.15, 0.2) is 72.8 Å². The molecule has 0 atom stereocenters. The molecule has 5 nitrogen and oxygen atoms in total. The standard InChI is InChI=1S/C30H33NO4/c1-34-30-16-12-23(19-29(30)33)9-13-27(32)20-25-7-3-4-8-26(25)22-35-28-14-10-24(11-15-28)21-31-17-5-2-6-18-31/h3-4,7-16,19,33H,2,5-6,17-18,20-22H2,1H3/b13-9+. The molecule has 5 heteroatoms. The van der Waals surface area contributed by atoms with Crippen LogP contribution in [0.2, 0.25) is 0 Å². The van der Waals surface area contributed by atoms with E-state index >= 15 is 0 Å². The number of ether oxygens (including phenoxy) is 2. The molecule has 0 bridgehead atoms. The minimum Gasteiger partial charge on any atom is -0.504 e. The number of nitrogens with zero attached hydrogens (tertiary/aromatic N) is 1. The number of phenols is 1. The van der Waals surface area contributed by atoms with E-state index in [1.807, 2.05) is 36.4 Å². The van der Waals surface area contributed by atoms with Crippen molar-refractivity contribution >= 4 is 11.9 Å². The number of allylic oxidation sites excluding steroid dienone is 1. The molecule has 3 aromatic rings. The molecule has 0 aromatic heterocycles. The number of likely N-dealkylation sites (tertiary alicyclic amines) is 1. The van der Waals surface area contributed by atoms with Gasteiger partial charge in [-0.1, -0.05) is 55.0 Å². The van der Waals surface area contributed by atoms with Crippen molar-refractivity contribution in [1.29, 1.82) is 0 Å². The van der Waals surface area contributed by atoms with Gasteiger partial charge >= 0.3 is 0 Å². The third kappa shape index (κ3) is 7.20. The van der Waals surface area contributed by atoms with Crippen LogP contribution in [-0.4, -0.2) is 36.0 Å². The molecule has 0 amide bonds. The molecule has 1 fully saturated rings. The Morgan fingerprint density at radius 1 is 0.971 bits per heavy atom. The number of ketones is 1. The summed E-state index contributed by atoms with van der Waals surface area (Å²) in [5.41, 5.74) is 3.98. The predicted molar refractivity (Wildman–Crippen MR) is 139 cm³/mol. The third-order valence-electron chi connectivity index (χ3n) is 6.32. The molecule has 0 aliphatic carbocycles. The van der Waals surface area contributed by atoms with Crippen molar-refractivity contribution in [2.24, 2.45) is 0 Å². The molecule has 1 aliphatic rings. The fourth-order valence-electron chi connectivity index (χ4n) is 4.35. The Hall–Kier alpha value is -3.57. The van der Waals surface area contributed by atoms with E-state index in [2.05, 4.69) is 17.0 Å². The minimum absolute atomic E-state index is 0.0187. The largest absolute Gasteiger partial charge is 0.504 e. The van der Waals surface area contributed by atoms with Crippen molar-refractivity contribution in [2.45, 2.75) is 38.8 Å². The predicted octanol–water partition coefficient (Wildman–Crippen LogP) is 5.79. The molecule has 0 spiro atoms. The summed E-state index contributed by atoms with van der Waals surface area (Å²) in [5, 5.41) is 9.91. The van der Waals surface area contributed by atoms with Crippen LogP contribution in [0.25, 0.3) is 6.08 Å². The molecule has 4 rings (SSSR count). The van der Waals surface area contributed by atoms with Crippen molar-refractivity contribution in [3.8, 4) is 17.2 Å². The highest BCUT2D eigenvalue weighted by molar-refractivity contribution is 5.95. The average Bonchev–Trinajstić information content (AvgIpc) is 2.88. The Labute approximate surface area is 207 Å². The summed E-state index contributed by atoms with van der Waals surface area (Å²) in [6.45, 7) is 3.77. The van der Waals surface area contributed by atoms with E-state index in [-0.39, 0.29) is 18.0 Å². The molecule has 35 heavy (non-hydrogen) atoms. The van der Waals surface area contributed by atoms with Crippen LogP contribution in [0.1, 0.15) is 41.5 Å². The quantitative estimate of drug-likeness (QED) is 0.379. The molecule has 1 aliphatic heterocycles. The lowest BCUT2D eigenvalue weighted by Crippen LogP contribution is -2.28. The second-order valence-corrected chi connectivity index (χ2v) is 8.95. The number of rotatable bonds is 10. The maximum atomic E-state index is 12.6. The Balaban J connectivity index is 1.32. The smallest absolute Gasteiger partial charge is 0.160 e. The van der Waals surface area contributed by atoms with Crippen LogP contribution < -0.4 is 9.47 Å². The van der Waals surface area contributed by atoms with Gasteiger partial charge in [-0.05, 0) is 78.5 Å². The topological polar surface area (TPSA) is 59.0 Å². The number of aromatic hydroxyl groups is 1. The summed E-state index contributed by atoms with van der Waals surface area (Å²) in [6.07, 6.45) is 7.47. The van der Waals surface area contributed by atoms with Gasteiger partial charge in [0.2, 0.25) is 0 Å². The highest BCUT2D eigenvalue weighted by Crippen LogP contribution is 2.26. The molecule has 1 heterocycles. The summed E-state index contributed by atoms with van der Waals surface area (Å²) in [7, 11) is 1.50. The van der Waals surface area contributed by atoms with Crippen LogP contribution in [0.3, 0.4) is 0 Å². The molecule has 1 saturated heterocycles. The summed E-state index contributed by atoms with van der Waals surface area (Å²) < 4.78 is 11.1. The number of hydrogen-bond acceptors (Lipinski definition) is 5. The van der Waals surface area contributed by atoms with Crippen LogP contribution in [0.4, 0.5) is 0 Å². The second kappa shape index (κ2) is 12.2. The summed E-state index contributed by atoms with van der Waals surface area (Å²) in [4.78, 5) is 15.1. The third-order valence-corrected chi connectivity index (χ3v) is 6.32. The van der Waals surface area contributed by atoms with Crippen LogP contribution in [0, 0.1) is 0 Å². The minimum atomic E-state index is -0.0187. The Morgan fingerprint density at radius 3 is 2.43 bits per heavy atom. The maximum absolute atomic E-state index is 12.6. The zero-order valence-electron chi connectivity index (χ0n) is 20.3. The lowest BCUT2D eigenvalue weighted by atomic mass is 10.0. The normalized spacial score (nSPS) is 14.2. The highest BCUT2D eigenvalue weighted by atomic mass is 16.5. The van der Waals surface area contributed by atoms with Crippen molar-refractivity contribution in [2.75, 3.05) is 20.2 Å². The fourth-order valence-corrected chi connectivity index (χ4v) is 4.35. The lowest BCUT2D eigenvalue weighted by molar-refractivity contribution is -0.113. The van der Waals surface area contributed by atoms with Gasteiger partial charge in [0.1, 0.15) is 12.4 Å². The number of methoxy groups -OCH3 is 1. The SMILES string of the molecule is COc1ccc(/C=C/C(=O)Cc2ccccc2COc2ccc(CN3CCCCC3)cc2)cc1O. The first-order valence-corrected chi connectivity index (χ1v) is 12.2. The Morgan fingerprint density at radius 2 is 1.71 bits per heavy atom. The molecule has 0 radical (unpaired) electrons. The van der Waals surface area contributed by atoms with E-state index in [1.165, 1.54) is 45.0 Å². The number of hydrogen-bond donors (Lipinski definition) is 1. The highest BCUT2D eigenvalue weighted by Gasteiger charge is 2.11. The van der Waals surface area contributed by atoms with E-state index in [9.17, 15) is 9.90 Å². The lowest BCUT2D eigenvalue weighted by Gasteiger charge is -2.26. The van der Waals surface area contributed by atoms with Crippen molar-refractivity contribution in [1.82, 2.24) is 4.90 Å². The van der Waals surface area contributed by atoms with Gasteiger partial charge in [0.25, 0.3) is 0 Å². The number of benzene rings is 3. The number of phenolic OH excluding ortho intramolecular Hbond substituents is 1. The summed E-state index contributed by atoms with van der Waals surface area (Å²) in [6, 6.07) is 21.2. The van der Waals surface area contributed by atoms with E-state index in [0.29, 0.717) is 12.4 Å². The van der Waals surface area contributed by atoms with E-state index in [0.717, 1.165) is 29.0 Å². The van der Waals surface area contributed by atoms with E-state index in [4.69, 9.17) is 9.47 Å². The first-order chi connectivity index (χ1) is 17.1. The molecular weight excluding hydrogens is 438 g/mol. The van der Waals surface area contributed by atoms with Crippen molar-refractivity contribution in [3.63, 3.8) is 0 Å². The van der Waals surface area contributed by atoms with Crippen molar-refractivity contribution in [3.05, 3.63) is 95.1 Å². The maximum Gasteiger partial charge on any atom is 0.160 e. The first-order valence-electron chi connectivity index (χ1n) is 12.2. The first kappa shape index (κ1) is 24.6. The fraction of sp³-hybridized carbons (Fsp3) is 0.300. The van der Waals surface area contributed by atoms with E-state index < -0.39 is 0 Å². The monoisotopic (exact) mass is 471 g/mol. The van der Waals surface area contributed by atoms with Crippen LogP contribution in [-0.2, 0) is 24.4 Å².